The Morgan fingerprint density at radius 2 is 2.06 bits per heavy atom. The summed E-state index contributed by atoms with van der Waals surface area (Å²) >= 11 is 1.68. The van der Waals surface area contributed by atoms with Gasteiger partial charge in [-0.25, -0.2) is 0 Å². The molecule has 0 atom stereocenters. The summed E-state index contributed by atoms with van der Waals surface area (Å²) in [5.74, 6) is 1.77. The van der Waals surface area contributed by atoms with Crippen molar-refractivity contribution in [2.75, 3.05) is 13.6 Å². The Bertz CT molecular complexity index is 462. The van der Waals surface area contributed by atoms with Gasteiger partial charge in [0.15, 0.2) is 0 Å². The van der Waals surface area contributed by atoms with Gasteiger partial charge in [0.1, 0.15) is 11.5 Å². The summed E-state index contributed by atoms with van der Waals surface area (Å²) in [5.41, 5.74) is 0. The second-order valence-electron chi connectivity index (χ2n) is 3.52. The van der Waals surface area contributed by atoms with Crippen molar-refractivity contribution in [1.82, 2.24) is 5.32 Å². The smallest absolute Gasteiger partial charge is 0.141 e. The molecule has 3 heteroatoms. The quantitative estimate of drug-likeness (QED) is 0.815. The molecule has 0 saturated heterocycles. The van der Waals surface area contributed by atoms with Crippen molar-refractivity contribution >= 4 is 17.1 Å². The maximum atomic E-state index is 5.89. The fraction of sp³-hybridized carbons (Fsp3) is 0.143. The highest BCUT2D eigenvalue weighted by Crippen LogP contribution is 2.23. The van der Waals surface area contributed by atoms with Gasteiger partial charge in [0.25, 0.3) is 0 Å². The molecule has 0 radical (unpaired) electrons. The van der Waals surface area contributed by atoms with Gasteiger partial charge in [-0.1, -0.05) is 24.3 Å². The van der Waals surface area contributed by atoms with Crippen molar-refractivity contribution < 1.29 is 4.74 Å². The Kier molecular flexibility index (Phi) is 4.36. The van der Waals surface area contributed by atoms with E-state index in [9.17, 15) is 0 Å². The second kappa shape index (κ2) is 6.23. The van der Waals surface area contributed by atoms with Gasteiger partial charge in [0.05, 0.1) is 4.88 Å². The molecule has 0 aliphatic carbocycles. The van der Waals surface area contributed by atoms with E-state index in [-0.39, 0.29) is 0 Å². The molecular formula is C14H15NOS. The van der Waals surface area contributed by atoms with Gasteiger partial charge in [-0.05, 0) is 36.7 Å². The molecule has 1 aromatic carbocycles. The number of para-hydroxylation sites is 1. The van der Waals surface area contributed by atoms with Crippen LogP contribution >= 0.6 is 11.3 Å². The molecule has 0 aliphatic heterocycles. The van der Waals surface area contributed by atoms with E-state index in [0.717, 1.165) is 22.9 Å². The van der Waals surface area contributed by atoms with Gasteiger partial charge >= 0.3 is 0 Å². The van der Waals surface area contributed by atoms with E-state index in [1.807, 2.05) is 43.4 Å². The Balaban J connectivity index is 2.17. The monoisotopic (exact) mass is 245 g/mol. The maximum absolute atomic E-state index is 5.89. The van der Waals surface area contributed by atoms with Crippen LogP contribution in [-0.4, -0.2) is 13.6 Å². The molecule has 0 amide bonds. The fourth-order valence-corrected chi connectivity index (χ4v) is 2.12. The van der Waals surface area contributed by atoms with Crippen molar-refractivity contribution in [3.05, 3.63) is 58.8 Å². The summed E-state index contributed by atoms with van der Waals surface area (Å²) in [4.78, 5) is 1.14. The van der Waals surface area contributed by atoms with E-state index >= 15 is 0 Å². The van der Waals surface area contributed by atoms with Crippen LogP contribution in [0.2, 0.25) is 0 Å². The Hall–Kier alpha value is -1.58. The normalized spacial score (nSPS) is 11.5. The minimum Gasteiger partial charge on any atom is -0.456 e. The van der Waals surface area contributed by atoms with Crippen molar-refractivity contribution in [2.24, 2.45) is 0 Å². The first-order valence-corrected chi connectivity index (χ1v) is 6.39. The van der Waals surface area contributed by atoms with Crippen LogP contribution in [0.25, 0.3) is 5.76 Å². The van der Waals surface area contributed by atoms with E-state index in [1.165, 1.54) is 0 Å². The SMILES string of the molecule is CNCC=C(Oc1ccccc1)c1cccs1. The minimum atomic E-state index is 0.792. The zero-order chi connectivity index (χ0) is 11.9. The lowest BCUT2D eigenvalue weighted by molar-refractivity contribution is 0.514. The first kappa shape index (κ1) is 11.9. The van der Waals surface area contributed by atoms with Crippen LogP contribution < -0.4 is 10.1 Å². The zero-order valence-electron chi connectivity index (χ0n) is 9.72. The van der Waals surface area contributed by atoms with Crippen LogP contribution in [0.3, 0.4) is 0 Å². The molecule has 0 spiro atoms. The third-order valence-corrected chi connectivity index (χ3v) is 3.11. The lowest BCUT2D eigenvalue weighted by Gasteiger charge is -2.08. The number of rotatable bonds is 5. The van der Waals surface area contributed by atoms with Crippen LogP contribution in [0.15, 0.2) is 53.9 Å². The Labute approximate surface area is 106 Å². The van der Waals surface area contributed by atoms with Crippen LogP contribution in [0.1, 0.15) is 4.88 Å². The first-order valence-electron chi connectivity index (χ1n) is 5.51. The van der Waals surface area contributed by atoms with Gasteiger partial charge in [0.2, 0.25) is 0 Å². The van der Waals surface area contributed by atoms with Gasteiger partial charge in [-0.2, -0.15) is 0 Å². The van der Waals surface area contributed by atoms with Gasteiger partial charge in [-0.15, -0.1) is 11.3 Å². The van der Waals surface area contributed by atoms with E-state index in [4.69, 9.17) is 4.74 Å². The van der Waals surface area contributed by atoms with Crippen LogP contribution in [-0.2, 0) is 0 Å². The molecule has 88 valence electrons. The molecule has 2 rings (SSSR count). The largest absolute Gasteiger partial charge is 0.456 e. The average molecular weight is 245 g/mol. The predicted octanol–water partition coefficient (Wildman–Crippen LogP) is 3.39. The molecule has 0 fully saturated rings. The fourth-order valence-electron chi connectivity index (χ4n) is 1.42. The third kappa shape index (κ3) is 3.44. The lowest BCUT2D eigenvalue weighted by atomic mass is 10.3. The molecule has 2 nitrogen and oxygen atoms in total. The van der Waals surface area contributed by atoms with Crippen molar-refractivity contribution in [1.29, 1.82) is 0 Å². The van der Waals surface area contributed by atoms with E-state index in [0.29, 0.717) is 0 Å². The number of thiophene rings is 1. The van der Waals surface area contributed by atoms with Gasteiger partial charge < -0.3 is 10.1 Å². The van der Waals surface area contributed by atoms with Crippen molar-refractivity contribution in [3.63, 3.8) is 0 Å². The van der Waals surface area contributed by atoms with Crippen molar-refractivity contribution in [3.8, 4) is 5.75 Å². The van der Waals surface area contributed by atoms with Crippen molar-refractivity contribution in [2.45, 2.75) is 0 Å². The molecule has 1 aromatic heterocycles. The highest BCUT2D eigenvalue weighted by Gasteiger charge is 2.04. The molecule has 0 aliphatic rings. The molecule has 1 heterocycles. The summed E-state index contributed by atoms with van der Waals surface area (Å²) in [6, 6.07) is 13.9. The molecule has 0 bridgehead atoms. The predicted molar refractivity (Wildman–Crippen MR) is 73.3 cm³/mol. The summed E-state index contributed by atoms with van der Waals surface area (Å²) in [6.45, 7) is 0.792. The summed E-state index contributed by atoms with van der Waals surface area (Å²) in [6.07, 6.45) is 2.05. The maximum Gasteiger partial charge on any atom is 0.141 e. The van der Waals surface area contributed by atoms with E-state index in [1.54, 1.807) is 11.3 Å². The second-order valence-corrected chi connectivity index (χ2v) is 4.47. The minimum absolute atomic E-state index is 0.792. The number of hydrogen-bond donors (Lipinski definition) is 1. The number of nitrogens with one attached hydrogen (secondary N) is 1. The summed E-state index contributed by atoms with van der Waals surface area (Å²) in [5, 5.41) is 5.15. The van der Waals surface area contributed by atoms with Crippen LogP contribution in [0.5, 0.6) is 5.75 Å². The number of likely N-dealkylation sites (N-methyl/N-ethyl adjacent to an activating group) is 1. The number of benzene rings is 1. The third-order valence-electron chi connectivity index (χ3n) is 2.23. The molecular weight excluding hydrogens is 230 g/mol. The highest BCUT2D eigenvalue weighted by atomic mass is 32.1. The highest BCUT2D eigenvalue weighted by molar-refractivity contribution is 7.11. The van der Waals surface area contributed by atoms with Gasteiger partial charge in [0, 0.05) is 6.54 Å². The standard InChI is InChI=1S/C14H15NOS/c1-15-10-9-13(14-8-5-11-17-14)16-12-6-3-2-4-7-12/h2-9,11,15H,10H2,1H3. The summed E-state index contributed by atoms with van der Waals surface area (Å²) in [7, 11) is 1.92. The lowest BCUT2D eigenvalue weighted by Crippen LogP contribution is -2.06. The molecule has 0 unspecified atom stereocenters. The Morgan fingerprint density at radius 1 is 1.24 bits per heavy atom. The first-order chi connectivity index (χ1) is 8.40. The van der Waals surface area contributed by atoms with E-state index in [2.05, 4.69) is 22.8 Å². The van der Waals surface area contributed by atoms with Gasteiger partial charge in [-0.3, -0.25) is 0 Å². The average Bonchev–Trinajstić information content (AvgIpc) is 2.89. The molecule has 1 N–H and O–H groups in total. The molecule has 0 saturated carbocycles. The van der Waals surface area contributed by atoms with Crippen LogP contribution in [0, 0.1) is 0 Å². The van der Waals surface area contributed by atoms with Crippen LogP contribution in [0.4, 0.5) is 0 Å². The number of ether oxygens (including phenoxy) is 1. The molecule has 2 aromatic rings. The summed E-state index contributed by atoms with van der Waals surface area (Å²) < 4.78 is 5.89. The zero-order valence-corrected chi connectivity index (χ0v) is 10.5. The number of hydrogen-bond acceptors (Lipinski definition) is 3. The van der Waals surface area contributed by atoms with E-state index < -0.39 is 0 Å². The molecule has 17 heavy (non-hydrogen) atoms. The topological polar surface area (TPSA) is 21.3 Å². The Morgan fingerprint density at radius 3 is 2.71 bits per heavy atom.